The van der Waals surface area contributed by atoms with Crippen molar-refractivity contribution in [2.75, 3.05) is 12.8 Å². The van der Waals surface area contributed by atoms with Crippen LogP contribution in [0, 0.1) is 0 Å². The number of benzene rings is 1. The topological polar surface area (TPSA) is 50.9 Å². The Bertz CT molecular complexity index is 537. The van der Waals surface area contributed by atoms with Crippen LogP contribution in [-0.2, 0) is 0 Å². The van der Waals surface area contributed by atoms with E-state index in [2.05, 4.69) is 10.3 Å². The Labute approximate surface area is 116 Å². The summed E-state index contributed by atoms with van der Waals surface area (Å²) < 4.78 is 0. The Hall–Kier alpha value is -1.29. The second-order valence-corrected chi connectivity index (χ2v) is 4.78. The molecule has 0 aliphatic carbocycles. The highest BCUT2D eigenvalue weighted by molar-refractivity contribution is 6.34. The Balaban J connectivity index is 2.48. The van der Waals surface area contributed by atoms with Crippen LogP contribution in [0.1, 0.15) is 17.2 Å². The van der Waals surface area contributed by atoms with Gasteiger partial charge >= 0.3 is 0 Å². The fourth-order valence-corrected chi connectivity index (χ4v) is 2.46. The van der Waals surface area contributed by atoms with Gasteiger partial charge in [0.05, 0.1) is 6.04 Å². The van der Waals surface area contributed by atoms with Crippen LogP contribution in [0.25, 0.3) is 0 Å². The molecule has 1 aromatic carbocycles. The van der Waals surface area contributed by atoms with Gasteiger partial charge in [-0.3, -0.25) is 0 Å². The highest BCUT2D eigenvalue weighted by Crippen LogP contribution is 2.29. The van der Waals surface area contributed by atoms with Crippen LogP contribution in [-0.4, -0.2) is 12.0 Å². The van der Waals surface area contributed by atoms with Gasteiger partial charge in [-0.15, -0.1) is 0 Å². The van der Waals surface area contributed by atoms with Crippen molar-refractivity contribution in [2.45, 2.75) is 6.04 Å². The summed E-state index contributed by atoms with van der Waals surface area (Å²) in [7, 11) is 1.85. The number of anilines is 1. The van der Waals surface area contributed by atoms with Gasteiger partial charge in [-0.05, 0) is 36.9 Å². The molecule has 94 valence electrons. The first kappa shape index (κ1) is 13.1. The average Bonchev–Trinajstić information content (AvgIpc) is 2.31. The zero-order valence-corrected chi connectivity index (χ0v) is 11.3. The highest BCUT2D eigenvalue weighted by Gasteiger charge is 2.16. The van der Waals surface area contributed by atoms with Crippen LogP contribution in [0.5, 0.6) is 0 Å². The summed E-state index contributed by atoms with van der Waals surface area (Å²) in [5.74, 6) is 0.493. The fourth-order valence-electron chi connectivity index (χ4n) is 1.92. The van der Waals surface area contributed by atoms with E-state index in [1.807, 2.05) is 31.3 Å². The van der Waals surface area contributed by atoms with E-state index < -0.39 is 0 Å². The third-order valence-electron chi connectivity index (χ3n) is 2.69. The second kappa shape index (κ2) is 5.57. The lowest BCUT2D eigenvalue weighted by atomic mass is 9.99. The van der Waals surface area contributed by atoms with Gasteiger partial charge in [0.25, 0.3) is 0 Å². The quantitative estimate of drug-likeness (QED) is 0.908. The Morgan fingerprint density at radius 3 is 2.44 bits per heavy atom. The number of aromatic nitrogens is 1. The number of nitrogen functional groups attached to an aromatic ring is 1. The molecule has 0 radical (unpaired) electrons. The zero-order chi connectivity index (χ0) is 13.1. The Morgan fingerprint density at radius 2 is 1.89 bits per heavy atom. The maximum atomic E-state index is 6.02. The molecule has 5 heteroatoms. The van der Waals surface area contributed by atoms with Crippen LogP contribution in [0.4, 0.5) is 5.82 Å². The van der Waals surface area contributed by atoms with Crippen LogP contribution < -0.4 is 11.1 Å². The summed E-state index contributed by atoms with van der Waals surface area (Å²) in [5, 5.41) is 4.39. The number of halogens is 2. The van der Waals surface area contributed by atoms with E-state index in [1.54, 1.807) is 12.3 Å². The summed E-state index contributed by atoms with van der Waals surface area (Å²) >= 11 is 12.0. The zero-order valence-electron chi connectivity index (χ0n) is 9.82. The minimum absolute atomic E-state index is 0.0881. The summed E-state index contributed by atoms with van der Waals surface area (Å²) in [6.07, 6.45) is 1.66. The van der Waals surface area contributed by atoms with E-state index in [1.165, 1.54) is 0 Å². The minimum atomic E-state index is -0.0881. The number of rotatable bonds is 3. The maximum Gasteiger partial charge on any atom is 0.128 e. The number of pyridine rings is 1. The first-order valence-electron chi connectivity index (χ1n) is 5.45. The van der Waals surface area contributed by atoms with Crippen molar-refractivity contribution in [3.05, 3.63) is 57.7 Å². The van der Waals surface area contributed by atoms with E-state index >= 15 is 0 Å². The molecule has 0 spiro atoms. The van der Waals surface area contributed by atoms with Gasteiger partial charge in [-0.2, -0.15) is 0 Å². The van der Waals surface area contributed by atoms with Crippen molar-refractivity contribution < 1.29 is 0 Å². The van der Waals surface area contributed by atoms with Gasteiger partial charge in [-0.1, -0.05) is 29.3 Å². The monoisotopic (exact) mass is 281 g/mol. The Kier molecular flexibility index (Phi) is 4.07. The van der Waals surface area contributed by atoms with Crippen LogP contribution in [0.3, 0.4) is 0 Å². The molecule has 0 bridgehead atoms. The van der Waals surface area contributed by atoms with Gasteiger partial charge in [0.2, 0.25) is 0 Å². The number of hydrogen-bond donors (Lipinski definition) is 2. The SMILES string of the molecule is CNC(c1cc(Cl)cc(Cl)c1)c1cccnc1N. The van der Waals surface area contributed by atoms with Gasteiger partial charge in [0, 0.05) is 21.8 Å². The molecule has 2 rings (SSSR count). The molecule has 0 fully saturated rings. The van der Waals surface area contributed by atoms with E-state index in [4.69, 9.17) is 28.9 Å². The summed E-state index contributed by atoms with van der Waals surface area (Å²) in [6, 6.07) is 9.11. The molecule has 2 aromatic rings. The molecule has 1 atom stereocenters. The first-order chi connectivity index (χ1) is 8.61. The number of hydrogen-bond acceptors (Lipinski definition) is 3. The lowest BCUT2D eigenvalue weighted by Gasteiger charge is -2.18. The molecular formula is C13H13Cl2N3. The van der Waals surface area contributed by atoms with E-state index in [-0.39, 0.29) is 6.04 Å². The lowest BCUT2D eigenvalue weighted by molar-refractivity contribution is 0.691. The predicted molar refractivity (Wildman–Crippen MR) is 76.0 cm³/mol. The lowest BCUT2D eigenvalue weighted by Crippen LogP contribution is -2.19. The number of nitrogens with one attached hydrogen (secondary N) is 1. The molecule has 0 saturated carbocycles. The summed E-state index contributed by atoms with van der Waals surface area (Å²) in [4.78, 5) is 4.09. The molecule has 1 heterocycles. The van der Waals surface area contributed by atoms with Crippen LogP contribution >= 0.6 is 23.2 Å². The van der Waals surface area contributed by atoms with Gasteiger partial charge in [0.1, 0.15) is 5.82 Å². The molecule has 0 saturated heterocycles. The number of nitrogens with zero attached hydrogens (tertiary/aromatic N) is 1. The molecule has 1 aromatic heterocycles. The molecule has 0 aliphatic heterocycles. The van der Waals surface area contributed by atoms with Crippen molar-refractivity contribution in [1.29, 1.82) is 0 Å². The molecule has 3 nitrogen and oxygen atoms in total. The van der Waals surface area contributed by atoms with E-state index in [0.29, 0.717) is 15.9 Å². The molecular weight excluding hydrogens is 269 g/mol. The third-order valence-corrected chi connectivity index (χ3v) is 3.13. The Morgan fingerprint density at radius 1 is 1.22 bits per heavy atom. The van der Waals surface area contributed by atoms with Crippen LogP contribution in [0.2, 0.25) is 10.0 Å². The number of nitrogens with two attached hydrogens (primary N) is 1. The smallest absolute Gasteiger partial charge is 0.128 e. The standard InChI is InChI=1S/C13H13Cl2N3/c1-17-12(11-3-2-4-18-13(11)16)8-5-9(14)7-10(15)6-8/h2-7,12,17H,1H3,(H2,16,18). The largest absolute Gasteiger partial charge is 0.383 e. The average molecular weight is 282 g/mol. The van der Waals surface area contributed by atoms with Crippen LogP contribution in [0.15, 0.2) is 36.5 Å². The first-order valence-corrected chi connectivity index (χ1v) is 6.21. The summed E-state index contributed by atoms with van der Waals surface area (Å²) in [5.41, 5.74) is 7.75. The third kappa shape index (κ3) is 2.75. The fraction of sp³-hybridized carbons (Fsp3) is 0.154. The van der Waals surface area contributed by atoms with Crippen molar-refractivity contribution in [2.24, 2.45) is 0 Å². The van der Waals surface area contributed by atoms with Crippen molar-refractivity contribution in [1.82, 2.24) is 10.3 Å². The van der Waals surface area contributed by atoms with Crippen molar-refractivity contribution in [3.63, 3.8) is 0 Å². The molecule has 3 N–H and O–H groups in total. The normalized spacial score (nSPS) is 12.4. The molecule has 18 heavy (non-hydrogen) atoms. The van der Waals surface area contributed by atoms with Crippen molar-refractivity contribution in [3.8, 4) is 0 Å². The molecule has 1 unspecified atom stereocenters. The van der Waals surface area contributed by atoms with Crippen molar-refractivity contribution >= 4 is 29.0 Å². The van der Waals surface area contributed by atoms with E-state index in [0.717, 1.165) is 11.1 Å². The van der Waals surface area contributed by atoms with E-state index in [9.17, 15) is 0 Å². The van der Waals surface area contributed by atoms with Gasteiger partial charge in [0.15, 0.2) is 0 Å². The summed E-state index contributed by atoms with van der Waals surface area (Å²) in [6.45, 7) is 0. The maximum absolute atomic E-state index is 6.02. The van der Waals surface area contributed by atoms with Gasteiger partial charge < -0.3 is 11.1 Å². The predicted octanol–water partition coefficient (Wildman–Crippen LogP) is 3.28. The van der Waals surface area contributed by atoms with Gasteiger partial charge in [-0.25, -0.2) is 4.98 Å². The second-order valence-electron chi connectivity index (χ2n) is 3.90. The molecule has 0 amide bonds. The highest BCUT2D eigenvalue weighted by atomic mass is 35.5. The minimum Gasteiger partial charge on any atom is -0.383 e. The molecule has 0 aliphatic rings.